The van der Waals surface area contributed by atoms with E-state index >= 15 is 0 Å². The Kier molecular flexibility index (Phi) is 11.6. The van der Waals surface area contributed by atoms with Crippen molar-refractivity contribution in [3.05, 3.63) is 30.3 Å². The van der Waals surface area contributed by atoms with Crippen LogP contribution in [0.4, 0.5) is 0 Å². The fourth-order valence-corrected chi connectivity index (χ4v) is 2.92. The summed E-state index contributed by atoms with van der Waals surface area (Å²) in [7, 11) is 3.55. The molecule has 0 bridgehead atoms. The average Bonchev–Trinajstić information content (AvgIpc) is 3.07. The predicted molar refractivity (Wildman–Crippen MR) is 113 cm³/mol. The van der Waals surface area contributed by atoms with Gasteiger partial charge in [-0.3, -0.25) is 9.89 Å². The molecule has 1 aromatic carbocycles. The summed E-state index contributed by atoms with van der Waals surface area (Å²) >= 11 is 0. The van der Waals surface area contributed by atoms with E-state index in [0.717, 1.165) is 38.0 Å². The highest BCUT2D eigenvalue weighted by molar-refractivity contribution is 14.0. The monoisotopic (exact) mass is 462 g/mol. The molecule has 1 saturated heterocycles. The Balaban J connectivity index is 0.00000312. The van der Waals surface area contributed by atoms with E-state index < -0.39 is 0 Å². The van der Waals surface area contributed by atoms with Gasteiger partial charge >= 0.3 is 0 Å². The molecule has 0 saturated carbocycles. The van der Waals surface area contributed by atoms with E-state index in [4.69, 9.17) is 9.47 Å². The third-order valence-electron chi connectivity index (χ3n) is 4.22. The number of nitrogens with zero attached hydrogens (tertiary/aromatic N) is 2. The Morgan fingerprint density at radius 1 is 1.24 bits per heavy atom. The number of hydrogen-bond donors (Lipinski definition) is 2. The molecule has 0 spiro atoms. The van der Waals surface area contributed by atoms with Crippen LogP contribution in [0, 0.1) is 0 Å². The Labute approximate surface area is 168 Å². The van der Waals surface area contributed by atoms with Crippen LogP contribution in [0.3, 0.4) is 0 Å². The van der Waals surface area contributed by atoms with Crippen molar-refractivity contribution in [2.75, 3.05) is 53.6 Å². The number of ether oxygens (including phenoxy) is 2. The molecular formula is C18H31IN4O2. The molecule has 25 heavy (non-hydrogen) atoms. The molecule has 6 nitrogen and oxygen atoms in total. The summed E-state index contributed by atoms with van der Waals surface area (Å²) in [4.78, 5) is 6.76. The number of methoxy groups -OCH3 is 1. The lowest BCUT2D eigenvalue weighted by Crippen LogP contribution is -2.46. The first-order valence-corrected chi connectivity index (χ1v) is 8.69. The van der Waals surface area contributed by atoms with Gasteiger partial charge in [-0.1, -0.05) is 18.2 Å². The van der Waals surface area contributed by atoms with Gasteiger partial charge in [0, 0.05) is 33.3 Å². The molecule has 0 aliphatic carbocycles. The van der Waals surface area contributed by atoms with Gasteiger partial charge < -0.3 is 20.1 Å². The maximum Gasteiger partial charge on any atom is 0.191 e. The fraction of sp³-hybridized carbons (Fsp3) is 0.611. The molecule has 1 aliphatic rings. The fourth-order valence-electron chi connectivity index (χ4n) is 2.92. The Morgan fingerprint density at radius 2 is 2.04 bits per heavy atom. The summed E-state index contributed by atoms with van der Waals surface area (Å²) in [6.07, 6.45) is 2.48. The number of rotatable bonds is 9. The van der Waals surface area contributed by atoms with Gasteiger partial charge in [-0.15, -0.1) is 24.0 Å². The highest BCUT2D eigenvalue weighted by Gasteiger charge is 2.23. The second-order valence-electron chi connectivity index (χ2n) is 5.87. The van der Waals surface area contributed by atoms with Gasteiger partial charge in [-0.2, -0.15) is 0 Å². The predicted octanol–water partition coefficient (Wildman–Crippen LogP) is 1.96. The zero-order valence-corrected chi connectivity index (χ0v) is 17.6. The number of hydrogen-bond acceptors (Lipinski definition) is 4. The average molecular weight is 462 g/mol. The maximum absolute atomic E-state index is 5.67. The van der Waals surface area contributed by atoms with Crippen molar-refractivity contribution in [3.8, 4) is 5.75 Å². The van der Waals surface area contributed by atoms with Crippen molar-refractivity contribution in [3.63, 3.8) is 0 Å². The third-order valence-corrected chi connectivity index (χ3v) is 4.22. The summed E-state index contributed by atoms with van der Waals surface area (Å²) in [5.74, 6) is 1.72. The minimum Gasteiger partial charge on any atom is -0.492 e. The highest BCUT2D eigenvalue weighted by Crippen LogP contribution is 2.15. The zero-order chi connectivity index (χ0) is 17.0. The standard InChI is InChI=1S/C18H30N4O2.HI/c1-19-18(20-10-13-24-17-8-4-3-5-9-17)21-15-16-7-6-11-22(16)12-14-23-2;/h3-5,8-9,16H,6-7,10-15H2,1-2H3,(H2,19,20,21);1H. The largest absolute Gasteiger partial charge is 0.492 e. The van der Waals surface area contributed by atoms with Gasteiger partial charge in [0.1, 0.15) is 12.4 Å². The minimum absolute atomic E-state index is 0. The van der Waals surface area contributed by atoms with E-state index in [0.29, 0.717) is 19.2 Å². The van der Waals surface area contributed by atoms with Gasteiger partial charge in [0.2, 0.25) is 0 Å². The van der Waals surface area contributed by atoms with Gasteiger partial charge in [0.15, 0.2) is 5.96 Å². The van der Waals surface area contributed by atoms with Crippen molar-refractivity contribution < 1.29 is 9.47 Å². The second-order valence-corrected chi connectivity index (χ2v) is 5.87. The highest BCUT2D eigenvalue weighted by atomic mass is 127. The van der Waals surface area contributed by atoms with Gasteiger partial charge in [0.05, 0.1) is 13.2 Å². The van der Waals surface area contributed by atoms with Crippen molar-refractivity contribution in [2.24, 2.45) is 4.99 Å². The molecule has 2 rings (SSSR count). The lowest BCUT2D eigenvalue weighted by Gasteiger charge is -2.25. The van der Waals surface area contributed by atoms with Gasteiger partial charge in [0.25, 0.3) is 0 Å². The molecule has 1 atom stereocenters. The molecule has 1 heterocycles. The van der Waals surface area contributed by atoms with Gasteiger partial charge in [-0.25, -0.2) is 0 Å². The van der Waals surface area contributed by atoms with E-state index in [9.17, 15) is 0 Å². The smallest absolute Gasteiger partial charge is 0.191 e. The minimum atomic E-state index is 0. The maximum atomic E-state index is 5.67. The Bertz CT molecular complexity index is 487. The number of para-hydroxylation sites is 1. The number of nitrogens with one attached hydrogen (secondary N) is 2. The Hall–Kier alpha value is -1.06. The van der Waals surface area contributed by atoms with Crippen LogP contribution in [0.1, 0.15) is 12.8 Å². The Morgan fingerprint density at radius 3 is 2.76 bits per heavy atom. The van der Waals surface area contributed by atoms with Crippen LogP contribution >= 0.6 is 24.0 Å². The van der Waals surface area contributed by atoms with E-state index in [1.165, 1.54) is 12.8 Å². The van der Waals surface area contributed by atoms with Crippen LogP contribution in [0.2, 0.25) is 0 Å². The van der Waals surface area contributed by atoms with E-state index in [2.05, 4.69) is 20.5 Å². The number of guanidine groups is 1. The molecule has 1 fully saturated rings. The van der Waals surface area contributed by atoms with Crippen LogP contribution < -0.4 is 15.4 Å². The SMILES string of the molecule is CN=C(NCCOc1ccccc1)NCC1CCCN1CCOC.I. The molecule has 1 aliphatic heterocycles. The first kappa shape index (κ1) is 22.0. The topological polar surface area (TPSA) is 58.1 Å². The summed E-state index contributed by atoms with van der Waals surface area (Å²) in [6, 6.07) is 10.4. The second kappa shape index (κ2) is 13.2. The normalized spacial score (nSPS) is 17.8. The van der Waals surface area contributed by atoms with E-state index in [-0.39, 0.29) is 24.0 Å². The van der Waals surface area contributed by atoms with Crippen LogP contribution in [-0.4, -0.2) is 70.5 Å². The number of benzene rings is 1. The number of aliphatic imine (C=N–C) groups is 1. The quantitative estimate of drug-likeness (QED) is 0.254. The molecular weight excluding hydrogens is 431 g/mol. The number of halogens is 1. The number of likely N-dealkylation sites (tertiary alicyclic amines) is 1. The van der Waals surface area contributed by atoms with E-state index in [1.54, 1.807) is 14.2 Å². The molecule has 0 radical (unpaired) electrons. The summed E-state index contributed by atoms with van der Waals surface area (Å²) in [5.41, 5.74) is 0. The molecule has 0 aromatic heterocycles. The van der Waals surface area contributed by atoms with Crippen molar-refractivity contribution in [1.29, 1.82) is 0 Å². The lowest BCUT2D eigenvalue weighted by molar-refractivity contribution is 0.141. The van der Waals surface area contributed by atoms with Crippen molar-refractivity contribution >= 4 is 29.9 Å². The van der Waals surface area contributed by atoms with E-state index in [1.807, 2.05) is 30.3 Å². The van der Waals surface area contributed by atoms with Crippen molar-refractivity contribution in [2.45, 2.75) is 18.9 Å². The molecule has 142 valence electrons. The molecule has 7 heteroatoms. The van der Waals surface area contributed by atoms with Crippen LogP contribution in [0.25, 0.3) is 0 Å². The lowest BCUT2D eigenvalue weighted by atomic mass is 10.2. The van der Waals surface area contributed by atoms with Crippen LogP contribution in [0.5, 0.6) is 5.75 Å². The first-order valence-electron chi connectivity index (χ1n) is 8.69. The summed E-state index contributed by atoms with van der Waals surface area (Å²) in [6.45, 7) is 5.18. The molecule has 0 amide bonds. The van der Waals surface area contributed by atoms with Crippen LogP contribution in [0.15, 0.2) is 35.3 Å². The first-order chi connectivity index (χ1) is 11.8. The molecule has 1 unspecified atom stereocenters. The summed E-state index contributed by atoms with van der Waals surface area (Å²) < 4.78 is 10.9. The molecule has 2 N–H and O–H groups in total. The van der Waals surface area contributed by atoms with Gasteiger partial charge in [-0.05, 0) is 31.5 Å². The summed E-state index contributed by atoms with van der Waals surface area (Å²) in [5, 5.41) is 6.71. The zero-order valence-electron chi connectivity index (χ0n) is 15.2. The molecule has 1 aromatic rings. The van der Waals surface area contributed by atoms with Crippen LogP contribution in [-0.2, 0) is 4.74 Å². The van der Waals surface area contributed by atoms with Crippen molar-refractivity contribution in [1.82, 2.24) is 15.5 Å². The third kappa shape index (κ3) is 8.24.